The van der Waals surface area contributed by atoms with Crippen molar-refractivity contribution in [2.24, 2.45) is 0 Å². The highest BCUT2D eigenvalue weighted by Crippen LogP contribution is 2.09. The molecule has 1 aromatic heterocycles. The first kappa shape index (κ1) is 12.6. The number of amides is 1. The summed E-state index contributed by atoms with van der Waals surface area (Å²) in [6.45, 7) is 3.89. The first-order chi connectivity index (χ1) is 8.59. The second kappa shape index (κ2) is 5.18. The Morgan fingerprint density at radius 1 is 1.39 bits per heavy atom. The number of carboxylic acids is 1. The van der Waals surface area contributed by atoms with Crippen LogP contribution < -0.4 is 0 Å². The third kappa shape index (κ3) is 2.51. The number of aromatic nitrogens is 2. The molecule has 0 bridgehead atoms. The molecule has 0 saturated carbocycles. The molecule has 1 aliphatic heterocycles. The van der Waals surface area contributed by atoms with E-state index in [1.54, 1.807) is 11.8 Å². The zero-order valence-electron chi connectivity index (χ0n) is 10.2. The minimum atomic E-state index is -0.830. The summed E-state index contributed by atoms with van der Waals surface area (Å²) in [4.78, 5) is 33.0. The van der Waals surface area contributed by atoms with Gasteiger partial charge in [0.1, 0.15) is 11.7 Å². The van der Waals surface area contributed by atoms with Crippen molar-refractivity contribution in [2.75, 3.05) is 26.2 Å². The molecule has 2 heterocycles. The molecule has 7 nitrogen and oxygen atoms in total. The van der Waals surface area contributed by atoms with Crippen LogP contribution in [0.25, 0.3) is 0 Å². The number of imidazole rings is 1. The number of carboxylic acid groups (broad SMARTS) is 1. The predicted octanol–water partition coefficient (Wildman–Crippen LogP) is -0.359. The number of hydrogen-bond donors (Lipinski definition) is 2. The van der Waals surface area contributed by atoms with Crippen LogP contribution in [-0.2, 0) is 4.79 Å². The van der Waals surface area contributed by atoms with Crippen LogP contribution in [0.1, 0.15) is 17.4 Å². The minimum absolute atomic E-state index is 0.0878. The molecule has 0 spiro atoms. The van der Waals surface area contributed by atoms with Crippen LogP contribution in [0.15, 0.2) is 12.5 Å². The number of rotatable bonds is 3. The Morgan fingerprint density at radius 3 is 2.56 bits per heavy atom. The summed E-state index contributed by atoms with van der Waals surface area (Å²) < 4.78 is 0. The number of carbonyl (C=O) groups excluding carboxylic acids is 1. The molecule has 1 fully saturated rings. The average Bonchev–Trinajstić information content (AvgIpc) is 2.91. The highest BCUT2D eigenvalue weighted by atomic mass is 16.4. The first-order valence-electron chi connectivity index (χ1n) is 5.84. The fourth-order valence-corrected chi connectivity index (χ4v) is 2.01. The van der Waals surface area contributed by atoms with Gasteiger partial charge in [0, 0.05) is 26.2 Å². The van der Waals surface area contributed by atoms with Gasteiger partial charge >= 0.3 is 5.97 Å². The molecular weight excluding hydrogens is 236 g/mol. The normalized spacial score (nSPS) is 18.6. The Kier molecular flexibility index (Phi) is 3.61. The van der Waals surface area contributed by atoms with Gasteiger partial charge in [0.25, 0.3) is 5.91 Å². The van der Waals surface area contributed by atoms with E-state index in [2.05, 4.69) is 9.97 Å². The van der Waals surface area contributed by atoms with Crippen LogP contribution in [0.2, 0.25) is 0 Å². The van der Waals surface area contributed by atoms with Crippen LogP contribution in [-0.4, -0.2) is 69.0 Å². The van der Waals surface area contributed by atoms with E-state index in [-0.39, 0.29) is 5.91 Å². The van der Waals surface area contributed by atoms with Crippen molar-refractivity contribution in [3.05, 3.63) is 18.2 Å². The van der Waals surface area contributed by atoms with Crippen LogP contribution in [0, 0.1) is 0 Å². The van der Waals surface area contributed by atoms with E-state index >= 15 is 0 Å². The van der Waals surface area contributed by atoms with Crippen LogP contribution >= 0.6 is 0 Å². The Hall–Kier alpha value is -1.89. The van der Waals surface area contributed by atoms with E-state index in [1.165, 1.54) is 12.5 Å². The summed E-state index contributed by atoms with van der Waals surface area (Å²) in [7, 11) is 0. The Morgan fingerprint density at radius 2 is 2.06 bits per heavy atom. The molecule has 18 heavy (non-hydrogen) atoms. The fraction of sp³-hybridized carbons (Fsp3) is 0.545. The standard InChI is InChI=1S/C11H16N4O3/c1-8(11(17)18)14-2-4-15(5-3-14)10(16)9-6-12-7-13-9/h6-8H,2-5H2,1H3,(H,12,13)(H,17,18). The number of aromatic amines is 1. The quantitative estimate of drug-likeness (QED) is 0.767. The zero-order chi connectivity index (χ0) is 13.1. The van der Waals surface area contributed by atoms with Crippen LogP contribution in [0.3, 0.4) is 0 Å². The first-order valence-corrected chi connectivity index (χ1v) is 5.84. The number of carbonyl (C=O) groups is 2. The Balaban J connectivity index is 1.91. The van der Waals surface area contributed by atoms with Gasteiger partial charge in [-0.3, -0.25) is 14.5 Å². The molecule has 1 atom stereocenters. The van der Waals surface area contributed by atoms with Gasteiger partial charge in [-0.05, 0) is 6.92 Å². The molecule has 0 radical (unpaired) electrons. The van der Waals surface area contributed by atoms with Gasteiger partial charge in [-0.1, -0.05) is 0 Å². The van der Waals surface area contributed by atoms with Crippen molar-refractivity contribution in [1.29, 1.82) is 0 Å². The van der Waals surface area contributed by atoms with Gasteiger partial charge in [0.2, 0.25) is 0 Å². The lowest BCUT2D eigenvalue weighted by Gasteiger charge is -2.36. The smallest absolute Gasteiger partial charge is 0.320 e. The number of hydrogen-bond acceptors (Lipinski definition) is 4. The van der Waals surface area contributed by atoms with E-state index in [4.69, 9.17) is 5.11 Å². The molecule has 7 heteroatoms. The number of aliphatic carboxylic acids is 1. The summed E-state index contributed by atoms with van der Waals surface area (Å²) in [5.41, 5.74) is 0.467. The summed E-state index contributed by atoms with van der Waals surface area (Å²) in [5.74, 6) is -0.918. The second-order valence-corrected chi connectivity index (χ2v) is 4.31. The van der Waals surface area contributed by atoms with Crippen molar-refractivity contribution < 1.29 is 14.7 Å². The van der Waals surface area contributed by atoms with Crippen LogP contribution in [0.4, 0.5) is 0 Å². The monoisotopic (exact) mass is 252 g/mol. The predicted molar refractivity (Wildman–Crippen MR) is 63.2 cm³/mol. The molecular formula is C11H16N4O3. The van der Waals surface area contributed by atoms with Gasteiger partial charge in [0.15, 0.2) is 0 Å². The Labute approximate surface area is 104 Å². The largest absolute Gasteiger partial charge is 0.480 e. The maximum atomic E-state index is 12.0. The van der Waals surface area contributed by atoms with Crippen LogP contribution in [0.5, 0.6) is 0 Å². The van der Waals surface area contributed by atoms with Crippen molar-refractivity contribution in [3.63, 3.8) is 0 Å². The maximum absolute atomic E-state index is 12.0. The number of piperazine rings is 1. The number of nitrogens with zero attached hydrogens (tertiary/aromatic N) is 3. The van der Waals surface area contributed by atoms with Crippen molar-refractivity contribution in [1.82, 2.24) is 19.8 Å². The van der Waals surface area contributed by atoms with Gasteiger partial charge in [0.05, 0.1) is 12.5 Å². The lowest BCUT2D eigenvalue weighted by molar-refractivity contribution is -0.143. The van der Waals surface area contributed by atoms with E-state index in [0.717, 1.165) is 0 Å². The summed E-state index contributed by atoms with van der Waals surface area (Å²) in [6, 6.07) is -0.505. The molecule has 1 saturated heterocycles. The van der Waals surface area contributed by atoms with Crippen molar-refractivity contribution >= 4 is 11.9 Å². The second-order valence-electron chi connectivity index (χ2n) is 4.31. The fourth-order valence-electron chi connectivity index (χ4n) is 2.01. The number of nitrogens with one attached hydrogen (secondary N) is 1. The molecule has 1 aliphatic rings. The van der Waals surface area contributed by atoms with Gasteiger partial charge in [-0.15, -0.1) is 0 Å². The average molecular weight is 252 g/mol. The minimum Gasteiger partial charge on any atom is -0.480 e. The summed E-state index contributed by atoms with van der Waals surface area (Å²) in [5, 5.41) is 8.92. The lowest BCUT2D eigenvalue weighted by atomic mass is 10.2. The molecule has 1 aromatic rings. The van der Waals surface area contributed by atoms with E-state index in [1.807, 2.05) is 4.90 Å². The highest BCUT2D eigenvalue weighted by molar-refractivity contribution is 5.92. The lowest BCUT2D eigenvalue weighted by Crippen LogP contribution is -2.53. The zero-order valence-corrected chi connectivity index (χ0v) is 10.2. The van der Waals surface area contributed by atoms with Gasteiger partial charge < -0.3 is 15.0 Å². The molecule has 0 aliphatic carbocycles. The molecule has 0 aromatic carbocycles. The van der Waals surface area contributed by atoms with Gasteiger partial charge in [-0.25, -0.2) is 4.98 Å². The third-order valence-corrected chi connectivity index (χ3v) is 3.24. The Bertz CT molecular complexity index is 424. The SMILES string of the molecule is CC(C(=O)O)N1CCN(C(=O)c2cnc[nH]2)CC1. The third-order valence-electron chi connectivity index (χ3n) is 3.24. The van der Waals surface area contributed by atoms with Gasteiger partial charge in [-0.2, -0.15) is 0 Å². The molecule has 98 valence electrons. The van der Waals surface area contributed by atoms with Crippen molar-refractivity contribution in [2.45, 2.75) is 13.0 Å². The molecule has 2 rings (SSSR count). The molecule has 1 amide bonds. The van der Waals surface area contributed by atoms with Crippen molar-refractivity contribution in [3.8, 4) is 0 Å². The maximum Gasteiger partial charge on any atom is 0.320 e. The molecule has 1 unspecified atom stereocenters. The topological polar surface area (TPSA) is 89.5 Å². The summed E-state index contributed by atoms with van der Waals surface area (Å²) in [6.07, 6.45) is 2.96. The highest BCUT2D eigenvalue weighted by Gasteiger charge is 2.27. The van der Waals surface area contributed by atoms with E-state index in [9.17, 15) is 9.59 Å². The van der Waals surface area contributed by atoms with E-state index < -0.39 is 12.0 Å². The molecule has 2 N–H and O–H groups in total. The van der Waals surface area contributed by atoms with E-state index in [0.29, 0.717) is 31.9 Å². The number of H-pyrrole nitrogens is 1. The summed E-state index contributed by atoms with van der Waals surface area (Å²) >= 11 is 0.